The number of nitrogens with zero attached hydrogens (tertiary/aromatic N) is 1. The molecule has 5 heteroatoms. The van der Waals surface area contributed by atoms with Gasteiger partial charge in [0.2, 0.25) is 0 Å². The van der Waals surface area contributed by atoms with Crippen LogP contribution in [0.1, 0.15) is 12.2 Å². The second-order valence-corrected chi connectivity index (χ2v) is 3.70. The van der Waals surface area contributed by atoms with Gasteiger partial charge in [-0.15, -0.1) is 0 Å². The van der Waals surface area contributed by atoms with Crippen LogP contribution in [0.2, 0.25) is 0 Å². The number of aromatic amines is 1. The third kappa shape index (κ3) is 1.98. The van der Waals surface area contributed by atoms with Crippen LogP contribution in [0.15, 0.2) is 0 Å². The van der Waals surface area contributed by atoms with Gasteiger partial charge in [0.25, 0.3) is 0 Å². The molecule has 0 amide bonds. The van der Waals surface area contributed by atoms with E-state index < -0.39 is 0 Å². The Morgan fingerprint density at radius 1 is 1.71 bits per heavy atom. The Balaban J connectivity index is 1.87. The highest BCUT2D eigenvalue weighted by Crippen LogP contribution is 2.17. The number of ether oxygens (including phenoxy) is 1. The van der Waals surface area contributed by atoms with E-state index in [2.05, 4.69) is 15.3 Å². The average molecular weight is 196 g/mol. The first kappa shape index (κ1) is 9.33. The van der Waals surface area contributed by atoms with Gasteiger partial charge >= 0.3 is 0 Å². The Labute approximate surface area is 83.0 Å². The van der Waals surface area contributed by atoms with Crippen molar-refractivity contribution in [2.75, 3.05) is 30.8 Å². The number of nitrogens with one attached hydrogen (secondary N) is 2. The molecule has 0 bridgehead atoms. The molecule has 0 spiro atoms. The lowest BCUT2D eigenvalue weighted by Crippen LogP contribution is -2.14. The summed E-state index contributed by atoms with van der Waals surface area (Å²) in [6.07, 6.45) is 1.12. The number of rotatable bonds is 3. The molecule has 0 aliphatic carbocycles. The predicted octanol–water partition coefficient (Wildman–Crippen LogP) is 0.749. The van der Waals surface area contributed by atoms with Crippen LogP contribution in [0.5, 0.6) is 0 Å². The van der Waals surface area contributed by atoms with Crippen molar-refractivity contribution in [2.24, 2.45) is 5.92 Å². The predicted molar refractivity (Wildman–Crippen MR) is 55.2 cm³/mol. The highest BCUT2D eigenvalue weighted by molar-refractivity contribution is 5.56. The summed E-state index contributed by atoms with van der Waals surface area (Å²) >= 11 is 0. The van der Waals surface area contributed by atoms with Crippen LogP contribution in [0.3, 0.4) is 0 Å². The van der Waals surface area contributed by atoms with Crippen molar-refractivity contribution < 1.29 is 4.74 Å². The van der Waals surface area contributed by atoms with E-state index in [1.807, 2.05) is 6.92 Å². The van der Waals surface area contributed by atoms with E-state index in [1.54, 1.807) is 0 Å². The summed E-state index contributed by atoms with van der Waals surface area (Å²) in [5.41, 5.74) is 5.71. The number of aryl methyl sites for hydroxylation is 1. The van der Waals surface area contributed by atoms with E-state index in [0.717, 1.165) is 37.8 Å². The summed E-state index contributed by atoms with van der Waals surface area (Å²) in [5.74, 6) is 2.80. The number of H-pyrrole nitrogens is 1. The molecule has 1 aliphatic heterocycles. The van der Waals surface area contributed by atoms with Crippen LogP contribution in [0, 0.1) is 12.8 Å². The summed E-state index contributed by atoms with van der Waals surface area (Å²) in [6.45, 7) is 4.49. The van der Waals surface area contributed by atoms with Gasteiger partial charge < -0.3 is 20.8 Å². The zero-order chi connectivity index (χ0) is 9.97. The summed E-state index contributed by atoms with van der Waals surface area (Å²) in [6, 6.07) is 0. The lowest BCUT2D eigenvalue weighted by molar-refractivity contribution is 0.187. The van der Waals surface area contributed by atoms with Crippen LogP contribution in [-0.2, 0) is 4.74 Å². The monoisotopic (exact) mass is 196 g/mol. The van der Waals surface area contributed by atoms with E-state index in [-0.39, 0.29) is 0 Å². The SMILES string of the molecule is Cc1nc(NCC2CCOC2)c(N)[nH]1. The molecule has 5 nitrogen and oxygen atoms in total. The molecule has 1 aromatic heterocycles. The summed E-state index contributed by atoms with van der Waals surface area (Å²) < 4.78 is 5.28. The smallest absolute Gasteiger partial charge is 0.168 e. The van der Waals surface area contributed by atoms with Crippen LogP contribution >= 0.6 is 0 Å². The van der Waals surface area contributed by atoms with Crippen LogP contribution in [0.4, 0.5) is 11.6 Å². The van der Waals surface area contributed by atoms with Crippen molar-refractivity contribution in [2.45, 2.75) is 13.3 Å². The Kier molecular flexibility index (Phi) is 2.58. The lowest BCUT2D eigenvalue weighted by atomic mass is 10.1. The average Bonchev–Trinajstić information content (AvgIpc) is 2.72. The molecule has 14 heavy (non-hydrogen) atoms. The minimum absolute atomic E-state index is 0.589. The maximum absolute atomic E-state index is 5.71. The molecule has 2 heterocycles. The standard InChI is InChI=1S/C9H16N4O/c1-6-12-8(10)9(13-6)11-4-7-2-3-14-5-7/h7,11H,2-5,10H2,1H3,(H,12,13). The van der Waals surface area contributed by atoms with E-state index in [0.29, 0.717) is 11.7 Å². The number of imidazole rings is 1. The fourth-order valence-electron chi connectivity index (χ4n) is 1.63. The quantitative estimate of drug-likeness (QED) is 0.666. The number of nitrogens with two attached hydrogens (primary N) is 1. The van der Waals surface area contributed by atoms with E-state index >= 15 is 0 Å². The highest BCUT2D eigenvalue weighted by Gasteiger charge is 2.16. The molecule has 4 N–H and O–H groups in total. The number of anilines is 2. The van der Waals surface area contributed by atoms with Crippen molar-refractivity contribution in [3.05, 3.63) is 5.82 Å². The maximum Gasteiger partial charge on any atom is 0.168 e. The van der Waals surface area contributed by atoms with Crippen molar-refractivity contribution in [1.82, 2.24) is 9.97 Å². The molecule has 1 aromatic rings. The van der Waals surface area contributed by atoms with E-state index in [9.17, 15) is 0 Å². The van der Waals surface area contributed by atoms with Gasteiger partial charge in [0, 0.05) is 19.1 Å². The van der Waals surface area contributed by atoms with Crippen molar-refractivity contribution >= 4 is 11.6 Å². The van der Waals surface area contributed by atoms with Crippen LogP contribution < -0.4 is 11.1 Å². The molecule has 78 valence electrons. The molecule has 2 rings (SSSR count). The normalized spacial score (nSPS) is 21.4. The fraction of sp³-hybridized carbons (Fsp3) is 0.667. The summed E-state index contributed by atoms with van der Waals surface area (Å²) in [5, 5.41) is 3.23. The van der Waals surface area contributed by atoms with Gasteiger partial charge in [-0.1, -0.05) is 0 Å². The minimum Gasteiger partial charge on any atom is -0.382 e. The van der Waals surface area contributed by atoms with Gasteiger partial charge in [-0.3, -0.25) is 0 Å². The number of nitrogen functional groups attached to an aromatic ring is 1. The van der Waals surface area contributed by atoms with E-state index in [1.165, 1.54) is 0 Å². The molecule has 1 aliphatic rings. The van der Waals surface area contributed by atoms with Gasteiger partial charge in [-0.05, 0) is 13.3 Å². The van der Waals surface area contributed by atoms with Gasteiger partial charge in [-0.25, -0.2) is 4.98 Å². The minimum atomic E-state index is 0.589. The molecular formula is C9H16N4O. The Bertz CT molecular complexity index is 304. The molecular weight excluding hydrogens is 180 g/mol. The number of aromatic nitrogens is 2. The first-order valence-electron chi connectivity index (χ1n) is 4.89. The topological polar surface area (TPSA) is 76.0 Å². The van der Waals surface area contributed by atoms with Gasteiger partial charge in [-0.2, -0.15) is 0 Å². The highest BCUT2D eigenvalue weighted by atomic mass is 16.5. The molecule has 0 saturated carbocycles. The zero-order valence-electron chi connectivity index (χ0n) is 8.34. The molecule has 1 unspecified atom stereocenters. The number of hydrogen-bond acceptors (Lipinski definition) is 4. The number of hydrogen-bond donors (Lipinski definition) is 3. The summed E-state index contributed by atoms with van der Waals surface area (Å²) in [4.78, 5) is 7.19. The summed E-state index contributed by atoms with van der Waals surface area (Å²) in [7, 11) is 0. The molecule has 1 fully saturated rings. The lowest BCUT2D eigenvalue weighted by Gasteiger charge is -2.08. The van der Waals surface area contributed by atoms with Crippen molar-refractivity contribution in [3.63, 3.8) is 0 Å². The molecule has 1 saturated heterocycles. The second kappa shape index (κ2) is 3.88. The van der Waals surface area contributed by atoms with Crippen LogP contribution in [-0.4, -0.2) is 29.7 Å². The zero-order valence-corrected chi connectivity index (χ0v) is 8.34. The third-order valence-corrected chi connectivity index (χ3v) is 2.43. The fourth-order valence-corrected chi connectivity index (χ4v) is 1.63. The Hall–Kier alpha value is -1.23. The van der Waals surface area contributed by atoms with Gasteiger partial charge in [0.05, 0.1) is 6.61 Å². The molecule has 1 atom stereocenters. The van der Waals surface area contributed by atoms with Gasteiger partial charge in [0.15, 0.2) is 5.82 Å². The van der Waals surface area contributed by atoms with E-state index in [4.69, 9.17) is 10.5 Å². The Morgan fingerprint density at radius 3 is 3.14 bits per heavy atom. The maximum atomic E-state index is 5.71. The molecule has 0 aromatic carbocycles. The van der Waals surface area contributed by atoms with Crippen LogP contribution in [0.25, 0.3) is 0 Å². The first-order valence-corrected chi connectivity index (χ1v) is 4.89. The van der Waals surface area contributed by atoms with Crippen molar-refractivity contribution in [1.29, 1.82) is 0 Å². The Morgan fingerprint density at radius 2 is 2.57 bits per heavy atom. The first-order chi connectivity index (χ1) is 6.75. The molecule has 0 radical (unpaired) electrons. The largest absolute Gasteiger partial charge is 0.382 e. The van der Waals surface area contributed by atoms with Gasteiger partial charge in [0.1, 0.15) is 11.6 Å². The third-order valence-electron chi connectivity index (χ3n) is 2.43. The second-order valence-electron chi connectivity index (χ2n) is 3.70. The van der Waals surface area contributed by atoms with Crippen molar-refractivity contribution in [3.8, 4) is 0 Å².